The van der Waals surface area contributed by atoms with Gasteiger partial charge in [-0.25, -0.2) is 4.79 Å². The van der Waals surface area contributed by atoms with Gasteiger partial charge in [-0.05, 0) is 42.9 Å². The fourth-order valence-electron chi connectivity index (χ4n) is 4.74. The van der Waals surface area contributed by atoms with Crippen molar-refractivity contribution in [3.8, 4) is 11.8 Å². The lowest BCUT2D eigenvalue weighted by atomic mass is 9.87. The molecule has 2 aromatic rings. The number of fused-ring (bicyclic) bond motifs is 1. The first-order valence-electron chi connectivity index (χ1n) is 11.7. The number of nitrogens with zero attached hydrogens (tertiary/aromatic N) is 3. The summed E-state index contributed by atoms with van der Waals surface area (Å²) < 4.78 is 2.68. The van der Waals surface area contributed by atoms with Crippen LogP contribution in [0.4, 0.5) is 11.5 Å². The van der Waals surface area contributed by atoms with Crippen molar-refractivity contribution in [2.45, 2.75) is 64.2 Å². The van der Waals surface area contributed by atoms with Gasteiger partial charge in [0.15, 0.2) is 6.17 Å². The third-order valence-electron chi connectivity index (χ3n) is 6.54. The highest BCUT2D eigenvalue weighted by atomic mass is 35.5. The van der Waals surface area contributed by atoms with E-state index in [2.05, 4.69) is 17.2 Å². The summed E-state index contributed by atoms with van der Waals surface area (Å²) in [6.45, 7) is 0.567. The Morgan fingerprint density at radius 1 is 1.15 bits per heavy atom. The van der Waals surface area contributed by atoms with Crippen molar-refractivity contribution in [2.75, 3.05) is 16.8 Å². The number of rotatable bonds is 6. The van der Waals surface area contributed by atoms with Gasteiger partial charge in [0.1, 0.15) is 11.5 Å². The molecule has 1 aliphatic carbocycles. The molecule has 0 spiro atoms. The maximum absolute atomic E-state index is 13.2. The molecule has 2 N–H and O–H groups in total. The SMILES string of the molecule is Cn1c2c(c(=O)n(CCCO)c1=O)NC(C#CCC1CCCCC1)N2Cc1ccc(Cl)cc1. The Morgan fingerprint density at radius 2 is 1.88 bits per heavy atom. The van der Waals surface area contributed by atoms with Gasteiger partial charge in [0, 0.05) is 38.2 Å². The molecule has 1 saturated carbocycles. The Hall–Kier alpha value is -2.69. The molecule has 1 aromatic heterocycles. The van der Waals surface area contributed by atoms with Crippen molar-refractivity contribution in [3.63, 3.8) is 0 Å². The summed E-state index contributed by atoms with van der Waals surface area (Å²) in [6, 6.07) is 7.54. The van der Waals surface area contributed by atoms with Gasteiger partial charge in [0.2, 0.25) is 0 Å². The molecular formula is C25H31ClN4O3. The molecule has 1 unspecified atom stereocenters. The van der Waals surface area contributed by atoms with Crippen LogP contribution in [0, 0.1) is 17.8 Å². The lowest BCUT2D eigenvalue weighted by Crippen LogP contribution is -2.41. The number of anilines is 2. The van der Waals surface area contributed by atoms with Crippen molar-refractivity contribution in [1.82, 2.24) is 9.13 Å². The monoisotopic (exact) mass is 470 g/mol. The maximum Gasteiger partial charge on any atom is 0.332 e. The van der Waals surface area contributed by atoms with E-state index in [-0.39, 0.29) is 18.7 Å². The van der Waals surface area contributed by atoms with Gasteiger partial charge >= 0.3 is 5.69 Å². The highest BCUT2D eigenvalue weighted by Gasteiger charge is 2.34. The Balaban J connectivity index is 1.68. The zero-order chi connectivity index (χ0) is 23.4. The number of hydrogen-bond acceptors (Lipinski definition) is 5. The van der Waals surface area contributed by atoms with E-state index in [0.717, 1.165) is 12.0 Å². The summed E-state index contributed by atoms with van der Waals surface area (Å²) in [4.78, 5) is 28.1. The summed E-state index contributed by atoms with van der Waals surface area (Å²) in [7, 11) is 1.67. The predicted octanol–water partition coefficient (Wildman–Crippen LogP) is 3.31. The van der Waals surface area contributed by atoms with Crippen molar-refractivity contribution in [3.05, 3.63) is 55.7 Å². The minimum absolute atomic E-state index is 0.0853. The number of nitrogens with one attached hydrogen (secondary N) is 1. The molecule has 176 valence electrons. The molecule has 7 nitrogen and oxygen atoms in total. The molecule has 8 heteroatoms. The van der Waals surface area contributed by atoms with Crippen LogP contribution in [0.25, 0.3) is 0 Å². The third-order valence-corrected chi connectivity index (χ3v) is 6.80. The Morgan fingerprint density at radius 3 is 2.58 bits per heavy atom. The molecule has 0 radical (unpaired) electrons. The van der Waals surface area contributed by atoms with Gasteiger partial charge in [-0.3, -0.25) is 13.9 Å². The second-order valence-corrected chi connectivity index (χ2v) is 9.34. The largest absolute Gasteiger partial charge is 0.396 e. The smallest absolute Gasteiger partial charge is 0.332 e. The van der Waals surface area contributed by atoms with E-state index in [0.29, 0.717) is 35.4 Å². The normalized spacial score (nSPS) is 17.9. The lowest BCUT2D eigenvalue weighted by Gasteiger charge is -2.25. The van der Waals surface area contributed by atoms with Gasteiger partial charge in [-0.15, -0.1) is 0 Å². The van der Waals surface area contributed by atoms with Crippen LogP contribution in [0.3, 0.4) is 0 Å². The number of benzene rings is 1. The number of halogens is 1. The Kier molecular flexibility index (Phi) is 7.46. The first-order chi connectivity index (χ1) is 16.0. The van der Waals surface area contributed by atoms with E-state index < -0.39 is 11.9 Å². The minimum atomic E-state index is -0.411. The van der Waals surface area contributed by atoms with Crippen LogP contribution in [-0.4, -0.2) is 27.0 Å². The molecule has 2 heterocycles. The van der Waals surface area contributed by atoms with E-state index >= 15 is 0 Å². The summed E-state index contributed by atoms with van der Waals surface area (Å²) >= 11 is 6.05. The average Bonchev–Trinajstić information content (AvgIpc) is 3.18. The van der Waals surface area contributed by atoms with E-state index in [1.165, 1.54) is 41.2 Å². The molecular weight excluding hydrogens is 440 g/mol. The van der Waals surface area contributed by atoms with E-state index in [1.54, 1.807) is 7.05 Å². The van der Waals surface area contributed by atoms with E-state index in [1.807, 2.05) is 29.2 Å². The van der Waals surface area contributed by atoms with Crippen LogP contribution in [0.15, 0.2) is 33.9 Å². The molecule has 33 heavy (non-hydrogen) atoms. The molecule has 4 rings (SSSR count). The van der Waals surface area contributed by atoms with Crippen LogP contribution >= 0.6 is 11.6 Å². The predicted molar refractivity (Wildman–Crippen MR) is 132 cm³/mol. The van der Waals surface area contributed by atoms with Crippen molar-refractivity contribution < 1.29 is 5.11 Å². The molecule has 2 aliphatic rings. The van der Waals surface area contributed by atoms with Gasteiger partial charge in [-0.2, -0.15) is 0 Å². The molecule has 1 atom stereocenters. The van der Waals surface area contributed by atoms with Gasteiger partial charge < -0.3 is 15.3 Å². The zero-order valence-electron chi connectivity index (χ0n) is 19.0. The number of aliphatic hydroxyl groups is 1. The second kappa shape index (κ2) is 10.5. The van der Waals surface area contributed by atoms with Crippen LogP contribution < -0.4 is 21.5 Å². The van der Waals surface area contributed by atoms with Crippen molar-refractivity contribution in [2.24, 2.45) is 13.0 Å². The van der Waals surface area contributed by atoms with E-state index in [9.17, 15) is 9.59 Å². The standard InChI is InChI=1S/C25H31ClN4O3/c1-28-23-22(24(32)29(25(28)33)15-6-16-31)27-21(10-5-9-18-7-3-2-4-8-18)30(23)17-19-11-13-20(26)14-12-19/h11-14,18,21,27,31H,2-4,6-9,15-17H2,1H3. The minimum Gasteiger partial charge on any atom is -0.396 e. The van der Waals surface area contributed by atoms with Crippen LogP contribution in [0.2, 0.25) is 5.02 Å². The first kappa shape index (κ1) is 23.5. The Labute approximate surface area is 199 Å². The molecule has 0 bridgehead atoms. The quantitative estimate of drug-likeness (QED) is 0.633. The molecule has 0 saturated heterocycles. The fraction of sp³-hybridized carbons (Fsp3) is 0.520. The summed E-state index contributed by atoms with van der Waals surface area (Å²) in [5.41, 5.74) is 0.608. The number of hydrogen-bond donors (Lipinski definition) is 2. The number of aromatic nitrogens is 2. The topological polar surface area (TPSA) is 79.5 Å². The second-order valence-electron chi connectivity index (χ2n) is 8.90. The molecule has 0 amide bonds. The van der Waals surface area contributed by atoms with Crippen LogP contribution in [0.5, 0.6) is 0 Å². The van der Waals surface area contributed by atoms with Crippen LogP contribution in [-0.2, 0) is 20.1 Å². The fourth-order valence-corrected chi connectivity index (χ4v) is 4.87. The molecule has 1 fully saturated rings. The highest BCUT2D eigenvalue weighted by Crippen LogP contribution is 2.32. The maximum atomic E-state index is 13.2. The van der Waals surface area contributed by atoms with Crippen molar-refractivity contribution >= 4 is 23.1 Å². The van der Waals surface area contributed by atoms with Crippen molar-refractivity contribution in [1.29, 1.82) is 0 Å². The summed E-state index contributed by atoms with van der Waals surface area (Å²) in [5.74, 6) is 7.86. The van der Waals surface area contributed by atoms with Gasteiger partial charge in [-0.1, -0.05) is 54.8 Å². The zero-order valence-corrected chi connectivity index (χ0v) is 19.8. The third kappa shape index (κ3) is 5.13. The summed E-state index contributed by atoms with van der Waals surface area (Å²) in [5, 5.41) is 13.1. The average molecular weight is 471 g/mol. The Bertz CT molecular complexity index is 1150. The van der Waals surface area contributed by atoms with Crippen LogP contribution in [0.1, 0.15) is 50.5 Å². The first-order valence-corrected chi connectivity index (χ1v) is 12.1. The molecule has 1 aromatic carbocycles. The van der Waals surface area contributed by atoms with E-state index in [4.69, 9.17) is 16.7 Å². The summed E-state index contributed by atoms with van der Waals surface area (Å²) in [6.07, 6.45) is 7.10. The van der Waals surface area contributed by atoms with Gasteiger partial charge in [0.25, 0.3) is 5.56 Å². The number of aliphatic hydroxyl groups excluding tert-OH is 1. The molecule has 1 aliphatic heterocycles. The highest BCUT2D eigenvalue weighted by molar-refractivity contribution is 6.30. The van der Waals surface area contributed by atoms with Gasteiger partial charge in [0.05, 0.1) is 0 Å². The lowest BCUT2D eigenvalue weighted by molar-refractivity contribution is 0.277.